The number of carbonyl (C=O) groups excluding carboxylic acids is 1. The first kappa shape index (κ1) is 21.7. The maximum absolute atomic E-state index is 12.9. The first-order chi connectivity index (χ1) is 14.6. The number of unbranched alkanes of at least 4 members (excludes halogenated alkanes) is 1. The molecule has 2 amide bonds. The molecule has 30 heavy (non-hydrogen) atoms. The number of amides is 2. The second-order valence-corrected chi connectivity index (χ2v) is 7.48. The lowest BCUT2D eigenvalue weighted by molar-refractivity contribution is -0.123. The highest BCUT2D eigenvalue weighted by atomic mass is 16.4. The molecule has 0 aliphatic heterocycles. The Balaban J connectivity index is 1.61. The third kappa shape index (κ3) is 6.52. The predicted molar refractivity (Wildman–Crippen MR) is 113 cm³/mol. The van der Waals surface area contributed by atoms with Crippen LogP contribution in [0.4, 0.5) is 4.79 Å². The van der Waals surface area contributed by atoms with Gasteiger partial charge in [-0.3, -0.25) is 20.1 Å². The second kappa shape index (κ2) is 11.3. The van der Waals surface area contributed by atoms with E-state index in [0.29, 0.717) is 25.9 Å². The summed E-state index contributed by atoms with van der Waals surface area (Å²) in [5.41, 5.74) is 3.07. The zero-order valence-electron chi connectivity index (χ0n) is 17.0. The average Bonchev–Trinajstić information content (AvgIpc) is 2.77. The van der Waals surface area contributed by atoms with Crippen molar-refractivity contribution in [2.75, 3.05) is 6.54 Å². The van der Waals surface area contributed by atoms with Crippen LogP contribution in [-0.2, 0) is 17.8 Å². The van der Waals surface area contributed by atoms with Crippen LogP contribution in [0, 0.1) is 0 Å². The molecule has 160 valence electrons. The first-order valence-electron chi connectivity index (χ1n) is 10.5. The molecule has 2 unspecified atom stereocenters. The van der Waals surface area contributed by atoms with Crippen molar-refractivity contribution in [2.45, 2.75) is 57.2 Å². The van der Waals surface area contributed by atoms with Gasteiger partial charge in [0.25, 0.3) is 0 Å². The van der Waals surface area contributed by atoms with Gasteiger partial charge in [0.05, 0.1) is 30.0 Å². The molecule has 8 heteroatoms. The quantitative estimate of drug-likeness (QED) is 0.447. The Morgan fingerprint density at radius 1 is 1.10 bits per heavy atom. The number of carboxylic acid groups (broad SMARTS) is 1. The molecule has 3 rings (SSSR count). The third-order valence-electron chi connectivity index (χ3n) is 5.28. The Morgan fingerprint density at radius 3 is 2.77 bits per heavy atom. The minimum Gasteiger partial charge on any atom is -0.465 e. The van der Waals surface area contributed by atoms with Gasteiger partial charge in [-0.15, -0.1) is 0 Å². The van der Waals surface area contributed by atoms with Crippen molar-refractivity contribution in [3.8, 4) is 0 Å². The number of nitrogens with zero attached hydrogens (tertiary/aromatic N) is 2. The zero-order valence-corrected chi connectivity index (χ0v) is 17.0. The SMILES string of the molecule is O=C(O)NCCCCC(NC1CCCc2cccnc21)C(=O)NCc1ccccn1. The van der Waals surface area contributed by atoms with Gasteiger partial charge in [-0.1, -0.05) is 12.1 Å². The zero-order chi connectivity index (χ0) is 21.2. The number of pyridine rings is 2. The lowest BCUT2D eigenvalue weighted by Gasteiger charge is -2.29. The Morgan fingerprint density at radius 2 is 1.97 bits per heavy atom. The van der Waals surface area contributed by atoms with E-state index >= 15 is 0 Å². The van der Waals surface area contributed by atoms with Gasteiger partial charge in [0.1, 0.15) is 0 Å². The molecule has 2 aromatic rings. The molecule has 0 aromatic carbocycles. The Labute approximate surface area is 176 Å². The summed E-state index contributed by atoms with van der Waals surface area (Å²) in [4.78, 5) is 32.4. The molecule has 2 heterocycles. The van der Waals surface area contributed by atoms with Crippen molar-refractivity contribution in [1.29, 1.82) is 0 Å². The van der Waals surface area contributed by atoms with Gasteiger partial charge in [-0.2, -0.15) is 0 Å². The Hall–Kier alpha value is -3.00. The fourth-order valence-electron chi connectivity index (χ4n) is 3.78. The van der Waals surface area contributed by atoms with E-state index in [1.165, 1.54) is 5.56 Å². The summed E-state index contributed by atoms with van der Waals surface area (Å²) in [6, 6.07) is 9.33. The van der Waals surface area contributed by atoms with Crippen LogP contribution in [0.3, 0.4) is 0 Å². The predicted octanol–water partition coefficient (Wildman–Crippen LogP) is 2.57. The van der Waals surface area contributed by atoms with Crippen molar-refractivity contribution < 1.29 is 14.7 Å². The molecule has 0 bridgehead atoms. The van der Waals surface area contributed by atoms with Gasteiger partial charge < -0.3 is 15.7 Å². The maximum Gasteiger partial charge on any atom is 0.404 e. The molecule has 1 aliphatic carbocycles. The van der Waals surface area contributed by atoms with E-state index in [1.807, 2.05) is 24.3 Å². The average molecular weight is 412 g/mol. The number of fused-ring (bicyclic) bond motifs is 1. The highest BCUT2D eigenvalue weighted by Gasteiger charge is 2.27. The van der Waals surface area contributed by atoms with Crippen LogP contribution < -0.4 is 16.0 Å². The van der Waals surface area contributed by atoms with Gasteiger partial charge in [-0.25, -0.2) is 4.79 Å². The van der Waals surface area contributed by atoms with Crippen molar-refractivity contribution >= 4 is 12.0 Å². The van der Waals surface area contributed by atoms with Crippen LogP contribution in [0.1, 0.15) is 55.1 Å². The second-order valence-electron chi connectivity index (χ2n) is 7.48. The van der Waals surface area contributed by atoms with Crippen LogP contribution in [0.5, 0.6) is 0 Å². The number of carbonyl (C=O) groups is 2. The van der Waals surface area contributed by atoms with Gasteiger partial charge in [0, 0.05) is 18.9 Å². The third-order valence-corrected chi connectivity index (χ3v) is 5.28. The summed E-state index contributed by atoms with van der Waals surface area (Å²) in [7, 11) is 0. The summed E-state index contributed by atoms with van der Waals surface area (Å²) >= 11 is 0. The van der Waals surface area contributed by atoms with E-state index in [2.05, 4.69) is 32.0 Å². The molecule has 0 saturated carbocycles. The molecule has 2 aromatic heterocycles. The molecule has 4 N–H and O–H groups in total. The van der Waals surface area contributed by atoms with Crippen LogP contribution in [-0.4, -0.2) is 39.7 Å². The maximum atomic E-state index is 12.9. The number of rotatable bonds is 10. The molecule has 0 fully saturated rings. The first-order valence-corrected chi connectivity index (χ1v) is 10.5. The number of aryl methyl sites for hydroxylation is 1. The van der Waals surface area contributed by atoms with E-state index in [1.54, 1.807) is 12.4 Å². The van der Waals surface area contributed by atoms with Gasteiger partial charge in [0.2, 0.25) is 5.91 Å². The minimum atomic E-state index is -1.03. The molecular formula is C22H29N5O3. The van der Waals surface area contributed by atoms with E-state index < -0.39 is 6.09 Å². The summed E-state index contributed by atoms with van der Waals surface area (Å²) in [5, 5.41) is 17.6. The van der Waals surface area contributed by atoms with E-state index in [0.717, 1.165) is 37.1 Å². The minimum absolute atomic E-state index is 0.0395. The standard InChI is InChI=1S/C22H29N5O3/c28-21(26-15-17-9-1-3-12-23-17)19(10-2-4-13-25-22(29)30)27-18-11-5-7-16-8-6-14-24-20(16)18/h1,3,6,8-9,12,14,18-19,25,27H,2,4-5,7,10-11,13,15H2,(H,26,28)(H,29,30). The van der Waals surface area contributed by atoms with E-state index in [-0.39, 0.29) is 18.0 Å². The van der Waals surface area contributed by atoms with E-state index in [4.69, 9.17) is 5.11 Å². The van der Waals surface area contributed by atoms with Gasteiger partial charge >= 0.3 is 6.09 Å². The van der Waals surface area contributed by atoms with Crippen molar-refractivity contribution in [1.82, 2.24) is 25.9 Å². The summed E-state index contributed by atoms with van der Waals surface area (Å²) < 4.78 is 0. The lowest BCUT2D eigenvalue weighted by atomic mass is 9.91. The fourth-order valence-corrected chi connectivity index (χ4v) is 3.78. The Kier molecular flexibility index (Phi) is 8.14. The highest BCUT2D eigenvalue weighted by molar-refractivity contribution is 5.81. The number of hydrogen-bond donors (Lipinski definition) is 4. The normalized spacial score (nSPS) is 16.3. The van der Waals surface area contributed by atoms with Crippen molar-refractivity contribution in [3.05, 3.63) is 59.7 Å². The number of hydrogen-bond acceptors (Lipinski definition) is 5. The largest absolute Gasteiger partial charge is 0.465 e. The molecule has 0 radical (unpaired) electrons. The van der Waals surface area contributed by atoms with Crippen LogP contribution in [0.25, 0.3) is 0 Å². The molecule has 1 aliphatic rings. The monoisotopic (exact) mass is 411 g/mol. The smallest absolute Gasteiger partial charge is 0.404 e. The van der Waals surface area contributed by atoms with Crippen molar-refractivity contribution in [2.24, 2.45) is 0 Å². The topological polar surface area (TPSA) is 116 Å². The fraction of sp³-hybridized carbons (Fsp3) is 0.455. The molecule has 2 atom stereocenters. The summed E-state index contributed by atoms with van der Waals surface area (Å²) in [6.07, 6.45) is 7.52. The van der Waals surface area contributed by atoms with Crippen LogP contribution >= 0.6 is 0 Å². The van der Waals surface area contributed by atoms with Crippen molar-refractivity contribution in [3.63, 3.8) is 0 Å². The molecular weight excluding hydrogens is 382 g/mol. The van der Waals surface area contributed by atoms with E-state index in [9.17, 15) is 9.59 Å². The lowest BCUT2D eigenvalue weighted by Crippen LogP contribution is -2.46. The van der Waals surface area contributed by atoms with Crippen LogP contribution in [0.15, 0.2) is 42.7 Å². The molecule has 0 saturated heterocycles. The summed E-state index contributed by atoms with van der Waals surface area (Å²) in [5.74, 6) is -0.0742. The number of nitrogens with one attached hydrogen (secondary N) is 3. The summed E-state index contributed by atoms with van der Waals surface area (Å²) in [6.45, 7) is 0.753. The highest BCUT2D eigenvalue weighted by Crippen LogP contribution is 2.28. The Bertz CT molecular complexity index is 831. The molecule has 8 nitrogen and oxygen atoms in total. The molecule has 0 spiro atoms. The van der Waals surface area contributed by atoms with Crippen LogP contribution in [0.2, 0.25) is 0 Å². The number of aromatic nitrogens is 2. The van der Waals surface area contributed by atoms with Gasteiger partial charge in [-0.05, 0) is 62.3 Å². The van der Waals surface area contributed by atoms with Gasteiger partial charge in [0.15, 0.2) is 0 Å².